The van der Waals surface area contributed by atoms with Crippen LogP contribution in [0.3, 0.4) is 0 Å². The van der Waals surface area contributed by atoms with Crippen LogP contribution in [0, 0.1) is 0 Å². The van der Waals surface area contributed by atoms with Crippen LogP contribution in [0.2, 0.25) is 0 Å². The molecule has 0 saturated heterocycles. The van der Waals surface area contributed by atoms with Crippen molar-refractivity contribution < 1.29 is 57.2 Å². The Morgan fingerprint density at radius 3 is 1.52 bits per heavy atom. The largest absolute Gasteiger partial charge is 0.493 e. The number of fused-ring (bicyclic) bond motifs is 8. The van der Waals surface area contributed by atoms with E-state index < -0.39 is 30.8 Å². The fraction of sp³-hybridized carbons (Fsp3) is 0.291. The lowest BCUT2D eigenvalue weighted by Crippen LogP contribution is -2.43. The molecule has 5 aromatic rings. The van der Waals surface area contributed by atoms with Crippen molar-refractivity contribution in [3.8, 4) is 23.0 Å². The van der Waals surface area contributed by atoms with E-state index in [1.165, 1.54) is 21.3 Å². The van der Waals surface area contributed by atoms with Gasteiger partial charge in [-0.05, 0) is 77.6 Å². The normalized spacial score (nSPS) is 15.4. The van der Waals surface area contributed by atoms with Crippen LogP contribution in [0.1, 0.15) is 68.7 Å². The monoisotopic (exact) mass is 1020 g/mol. The summed E-state index contributed by atoms with van der Waals surface area (Å²) in [7, 11) is 4.24. The van der Waals surface area contributed by atoms with Crippen LogP contribution >= 0.6 is 0 Å². The predicted molar refractivity (Wildman–Crippen MR) is 277 cm³/mol. The van der Waals surface area contributed by atoms with Crippen LogP contribution < -0.4 is 50.0 Å². The number of ether oxygens (including phenoxy) is 5. The zero-order chi connectivity index (χ0) is 52.6. The van der Waals surface area contributed by atoms with Crippen LogP contribution in [0.4, 0.5) is 28.4 Å². The van der Waals surface area contributed by atoms with Crippen molar-refractivity contribution in [3.63, 3.8) is 0 Å². The molecule has 0 aromatic heterocycles. The van der Waals surface area contributed by atoms with Crippen molar-refractivity contribution in [2.24, 2.45) is 9.98 Å². The van der Waals surface area contributed by atoms with Gasteiger partial charge in [-0.2, -0.15) is 0 Å². The van der Waals surface area contributed by atoms with E-state index in [0.29, 0.717) is 88.0 Å². The summed E-state index contributed by atoms with van der Waals surface area (Å²) in [5.41, 5.74) is 6.84. The van der Waals surface area contributed by atoms with Crippen LogP contribution in [0.25, 0.3) is 0 Å². The van der Waals surface area contributed by atoms with E-state index in [2.05, 4.69) is 26.0 Å². The van der Waals surface area contributed by atoms with E-state index in [0.717, 1.165) is 22.5 Å². The maximum Gasteiger partial charge on any atom is 0.305 e. The Kier molecular flexibility index (Phi) is 15.4. The topological polar surface area (TPSA) is 245 Å². The third kappa shape index (κ3) is 11.6. The quantitative estimate of drug-likeness (QED) is 0.0561. The molecule has 0 aliphatic carbocycles. The fourth-order valence-electron chi connectivity index (χ4n) is 9.31. The molecule has 0 spiro atoms. The zero-order valence-corrected chi connectivity index (χ0v) is 41.4. The van der Waals surface area contributed by atoms with Crippen molar-refractivity contribution >= 4 is 82.3 Å². The SMILES string of the molecule is COC(=O)CCCCC(=O)NCC(=O)NCC(=O)NCC(=O)Nc1cc(COc2cc3c(cc2OC)C(=O)N2c4ccccc4C[C@H]2C=N3)cc(COc2cc3c(cc2OC)C(=O)N2c4ccccc4C[C@H]2C=N3)c1. The van der Waals surface area contributed by atoms with Gasteiger partial charge in [-0.1, -0.05) is 36.4 Å². The number of amides is 6. The Morgan fingerprint density at radius 2 is 1.03 bits per heavy atom. The summed E-state index contributed by atoms with van der Waals surface area (Å²) in [5, 5.41) is 10.1. The molecule has 0 saturated carbocycles. The molecule has 2 atom stereocenters. The Labute approximate surface area is 431 Å². The van der Waals surface area contributed by atoms with Gasteiger partial charge in [-0.15, -0.1) is 0 Å². The number of benzene rings is 5. The number of carbonyl (C=O) groups excluding carboxylic acids is 7. The number of esters is 1. The van der Waals surface area contributed by atoms with Gasteiger partial charge in [0.05, 0.1) is 75.5 Å². The molecule has 5 aromatic carbocycles. The minimum Gasteiger partial charge on any atom is -0.493 e. The van der Waals surface area contributed by atoms with E-state index in [4.69, 9.17) is 28.9 Å². The maximum atomic E-state index is 14.0. The molecular formula is C55H54N8O12. The van der Waals surface area contributed by atoms with Gasteiger partial charge in [0.25, 0.3) is 11.8 Å². The number of hydrogen-bond donors (Lipinski definition) is 4. The first-order valence-corrected chi connectivity index (χ1v) is 24.3. The number of para-hydroxylation sites is 2. The highest BCUT2D eigenvalue weighted by Gasteiger charge is 2.38. The Balaban J connectivity index is 0.883. The second-order valence-corrected chi connectivity index (χ2v) is 18.0. The molecule has 4 aliphatic rings. The lowest BCUT2D eigenvalue weighted by molar-refractivity contribution is -0.140. The highest BCUT2D eigenvalue weighted by molar-refractivity contribution is 6.16. The fourth-order valence-corrected chi connectivity index (χ4v) is 9.31. The maximum absolute atomic E-state index is 14.0. The van der Waals surface area contributed by atoms with Crippen LogP contribution in [0.5, 0.6) is 23.0 Å². The number of anilines is 3. The summed E-state index contributed by atoms with van der Waals surface area (Å²) >= 11 is 0. The molecule has 75 heavy (non-hydrogen) atoms. The Bertz CT molecular complexity index is 2990. The number of carbonyl (C=O) groups is 7. The number of methoxy groups -OCH3 is 3. The molecule has 9 rings (SSSR count). The highest BCUT2D eigenvalue weighted by atomic mass is 16.5. The average Bonchev–Trinajstić information content (AvgIpc) is 3.92. The predicted octanol–water partition coefficient (Wildman–Crippen LogP) is 5.46. The first-order valence-electron chi connectivity index (χ1n) is 24.3. The Morgan fingerprint density at radius 1 is 0.560 bits per heavy atom. The van der Waals surface area contributed by atoms with Crippen molar-refractivity contribution in [2.75, 3.05) is 56.1 Å². The van der Waals surface area contributed by atoms with Gasteiger partial charge in [-0.3, -0.25) is 53.3 Å². The third-order valence-electron chi connectivity index (χ3n) is 13.0. The summed E-state index contributed by atoms with van der Waals surface area (Å²) in [5.74, 6) is -1.80. The summed E-state index contributed by atoms with van der Waals surface area (Å²) in [6.45, 7) is -1.35. The summed E-state index contributed by atoms with van der Waals surface area (Å²) in [6, 6.07) is 26.8. The van der Waals surface area contributed by atoms with Crippen molar-refractivity contribution in [1.82, 2.24) is 16.0 Å². The molecule has 0 unspecified atom stereocenters. The van der Waals surface area contributed by atoms with Crippen molar-refractivity contribution in [3.05, 3.63) is 124 Å². The van der Waals surface area contributed by atoms with Gasteiger partial charge < -0.3 is 45.0 Å². The molecule has 0 radical (unpaired) electrons. The van der Waals surface area contributed by atoms with Crippen molar-refractivity contribution in [1.29, 1.82) is 0 Å². The Hall–Kier alpha value is -9.07. The molecule has 0 fully saturated rings. The summed E-state index contributed by atoms with van der Waals surface area (Å²) < 4.78 is 28.8. The van der Waals surface area contributed by atoms with Gasteiger partial charge in [0.1, 0.15) is 13.2 Å². The molecule has 4 N–H and O–H groups in total. The van der Waals surface area contributed by atoms with Crippen LogP contribution in [-0.2, 0) is 54.8 Å². The molecule has 6 amide bonds. The van der Waals surface area contributed by atoms with Crippen LogP contribution in [0.15, 0.2) is 101 Å². The molecular weight excluding hydrogens is 965 g/mol. The zero-order valence-electron chi connectivity index (χ0n) is 41.4. The number of hydrogen-bond acceptors (Lipinski definition) is 14. The lowest BCUT2D eigenvalue weighted by Gasteiger charge is -2.22. The molecule has 0 bridgehead atoms. The summed E-state index contributed by atoms with van der Waals surface area (Å²) in [6.07, 6.45) is 6.00. The first kappa shape index (κ1) is 50.9. The number of nitrogens with zero attached hydrogens (tertiary/aromatic N) is 4. The third-order valence-corrected chi connectivity index (χ3v) is 13.0. The van der Waals surface area contributed by atoms with Gasteiger partial charge in [0.15, 0.2) is 23.0 Å². The molecule has 386 valence electrons. The van der Waals surface area contributed by atoms with E-state index in [9.17, 15) is 33.6 Å². The molecule has 4 heterocycles. The minimum absolute atomic E-state index is 0.0439. The van der Waals surface area contributed by atoms with E-state index in [1.54, 1.807) is 58.6 Å². The van der Waals surface area contributed by atoms with E-state index in [-0.39, 0.29) is 68.4 Å². The number of nitrogens with one attached hydrogen (secondary N) is 4. The molecule has 20 nitrogen and oxygen atoms in total. The van der Waals surface area contributed by atoms with Gasteiger partial charge in [0, 0.05) is 67.3 Å². The van der Waals surface area contributed by atoms with Gasteiger partial charge >= 0.3 is 5.97 Å². The highest BCUT2D eigenvalue weighted by Crippen LogP contribution is 2.43. The van der Waals surface area contributed by atoms with Gasteiger partial charge in [-0.25, -0.2) is 0 Å². The van der Waals surface area contributed by atoms with E-state index in [1.807, 2.05) is 54.6 Å². The van der Waals surface area contributed by atoms with E-state index >= 15 is 0 Å². The minimum atomic E-state index is -0.652. The first-order chi connectivity index (χ1) is 36.4. The molecule has 4 aliphatic heterocycles. The smallest absolute Gasteiger partial charge is 0.305 e. The number of rotatable bonds is 20. The van der Waals surface area contributed by atoms with Crippen LogP contribution in [-0.4, -0.2) is 107 Å². The second-order valence-electron chi connectivity index (χ2n) is 18.0. The average molecular weight is 1020 g/mol. The number of unbranched alkanes of at least 4 members (excludes halogenated alkanes) is 1. The van der Waals surface area contributed by atoms with Crippen molar-refractivity contribution in [2.45, 2.75) is 63.8 Å². The second kappa shape index (κ2) is 22.8. The lowest BCUT2D eigenvalue weighted by atomic mass is 10.1. The summed E-state index contributed by atoms with van der Waals surface area (Å²) in [4.78, 5) is 103. The molecule has 20 heteroatoms. The standard InChI is InChI=1S/C55H54N8O12/c1-71-45-21-39-41(56-25-37-19-34-10-4-6-12-43(34)62(37)54(39)69)23-47(45)74-30-32-16-33(18-36(17-32)61-52(67)29-60-51(66)28-59-50(65)27-58-49(64)14-8-9-15-53(68)73-3)31-75-48-24-42-40(22-46(48)72-2)55(70)63-38(26-57-42)20-35-11-5-7-13-44(35)63/h4-7,10-13,16-18,21-26,37-38H,8-9,14-15,19-20,27-31H2,1-3H3,(H,58,64)(H,59,65)(H,60,66)(H,61,67)/t37-,38-/m0/s1. The number of aliphatic imine (C=N–C) groups is 2. The van der Waals surface area contributed by atoms with Gasteiger partial charge in [0.2, 0.25) is 23.6 Å².